The van der Waals surface area contributed by atoms with E-state index in [1.807, 2.05) is 84.9 Å². The smallest absolute Gasteiger partial charge is 0.141 e. The first-order valence-corrected chi connectivity index (χ1v) is 14.2. The van der Waals surface area contributed by atoms with Crippen molar-refractivity contribution in [3.8, 4) is 17.2 Å². The number of halogens is 1. The monoisotopic (exact) mass is 556 g/mol. The minimum Gasteiger partial charge on any atom is -0.497 e. The summed E-state index contributed by atoms with van der Waals surface area (Å²) >= 11 is 0. The summed E-state index contributed by atoms with van der Waals surface area (Å²) in [6.45, 7) is 0. The van der Waals surface area contributed by atoms with E-state index in [0.717, 1.165) is 28.0 Å². The van der Waals surface area contributed by atoms with E-state index in [2.05, 4.69) is 0 Å². The topological polar surface area (TPSA) is 106 Å². The van der Waals surface area contributed by atoms with Gasteiger partial charge in [0.2, 0.25) is 0 Å². The predicted molar refractivity (Wildman–Crippen MR) is 140 cm³/mol. The van der Waals surface area contributed by atoms with E-state index in [1.54, 1.807) is 21.3 Å². The highest BCUT2D eigenvalue weighted by Crippen LogP contribution is 2.39. The Kier molecular flexibility index (Phi) is 9.27. The molecule has 4 rings (SSSR count). The second-order valence-electron chi connectivity index (χ2n) is 8.58. The molecule has 1 atom stereocenters. The number of benzene rings is 3. The average Bonchev–Trinajstić information content (AvgIpc) is 2.91. The normalized spacial score (nSPS) is 15.5. The lowest BCUT2D eigenvalue weighted by Gasteiger charge is -2.22. The van der Waals surface area contributed by atoms with Gasteiger partial charge in [-0.3, -0.25) is 0 Å². The molecular weight excluding hydrogens is 528 g/mol. The van der Waals surface area contributed by atoms with E-state index >= 15 is 0 Å². The van der Waals surface area contributed by atoms with Gasteiger partial charge in [-0.25, -0.2) is 0 Å². The van der Waals surface area contributed by atoms with Gasteiger partial charge in [0.25, 0.3) is 0 Å². The number of rotatable bonds is 11. The van der Waals surface area contributed by atoms with Crippen LogP contribution in [0.3, 0.4) is 0 Å². The first-order valence-electron chi connectivity index (χ1n) is 11.8. The molecule has 0 aliphatic carbocycles. The first kappa shape index (κ1) is 27.9. The molecule has 1 heterocycles. The number of ether oxygens (including phenoxy) is 3. The number of allylic oxidation sites excluding steroid dienone is 4. The van der Waals surface area contributed by atoms with Crippen LogP contribution in [-0.4, -0.2) is 26.2 Å². The number of methoxy groups -OCH3 is 3. The van der Waals surface area contributed by atoms with Gasteiger partial charge in [0.15, 0.2) is 0 Å². The fourth-order valence-electron chi connectivity index (χ4n) is 4.09. The lowest BCUT2D eigenvalue weighted by molar-refractivity contribution is -1.91. The van der Waals surface area contributed by atoms with Crippen LogP contribution in [0.4, 0.5) is 0 Å². The molecule has 3 aromatic rings. The summed E-state index contributed by atoms with van der Waals surface area (Å²) in [5, 5.41) is 0. The highest BCUT2D eigenvalue weighted by molar-refractivity contribution is 8.15. The molecule has 0 amide bonds. The largest absolute Gasteiger partial charge is 0.497 e. The molecule has 9 heteroatoms. The summed E-state index contributed by atoms with van der Waals surface area (Å²) in [6, 6.07) is 22.8. The molecule has 38 heavy (non-hydrogen) atoms. The Bertz CT molecular complexity index is 1320. The van der Waals surface area contributed by atoms with Gasteiger partial charge in [-0.2, -0.15) is 14.0 Å². The van der Waals surface area contributed by atoms with E-state index < -0.39 is 21.0 Å². The second-order valence-corrected chi connectivity index (χ2v) is 11.4. The fraction of sp³-hybridized carbons (Fsp3) is 0.207. The van der Waals surface area contributed by atoms with Crippen LogP contribution in [0, 0.1) is 10.2 Å². The van der Waals surface area contributed by atoms with Crippen molar-refractivity contribution >= 4 is 15.6 Å². The zero-order chi connectivity index (χ0) is 27.1. The lowest BCUT2D eigenvalue weighted by Crippen LogP contribution is -2.60. The maximum atomic E-state index is 11.8. The highest BCUT2D eigenvalue weighted by Gasteiger charge is 2.30. The van der Waals surface area contributed by atoms with Crippen molar-refractivity contribution in [2.45, 2.75) is 19.3 Å². The minimum absolute atomic E-state index is 0.407. The van der Waals surface area contributed by atoms with Gasteiger partial charge in [0.05, 0.1) is 31.6 Å². The van der Waals surface area contributed by atoms with Crippen molar-refractivity contribution in [1.82, 2.24) is 0 Å². The van der Waals surface area contributed by atoms with Crippen LogP contribution >= 0.6 is 10.8 Å². The Morgan fingerprint density at radius 3 is 1.42 bits per heavy atom. The Hall–Kier alpha value is -3.11. The van der Waals surface area contributed by atoms with Crippen molar-refractivity contribution in [3.05, 3.63) is 112 Å². The summed E-state index contributed by atoms with van der Waals surface area (Å²) in [6.07, 6.45) is 5.31. The summed E-state index contributed by atoms with van der Waals surface area (Å²) in [5.74, 6) is 2.20. The third kappa shape index (κ3) is 7.70. The quantitative estimate of drug-likeness (QED) is 0.334. The molecule has 3 aromatic carbocycles. The maximum Gasteiger partial charge on any atom is 0.141 e. The molecule has 0 bridgehead atoms. The molecule has 0 saturated heterocycles. The van der Waals surface area contributed by atoms with Crippen molar-refractivity contribution < 1.29 is 42.2 Å². The first-order chi connectivity index (χ1) is 18.3. The molecule has 0 fully saturated rings. The van der Waals surface area contributed by atoms with Gasteiger partial charge in [-0.1, -0.05) is 36.4 Å². The molecule has 1 unspecified atom stereocenters. The van der Waals surface area contributed by atoms with Crippen molar-refractivity contribution in [1.29, 1.82) is 0 Å². The summed E-state index contributed by atoms with van der Waals surface area (Å²) in [7, 11) is -1.22. The maximum absolute atomic E-state index is 11.8. The molecule has 1 aliphatic heterocycles. The third-order valence-corrected chi connectivity index (χ3v) is 8.55. The lowest BCUT2D eigenvalue weighted by atomic mass is 10.0. The van der Waals surface area contributed by atoms with Gasteiger partial charge in [-0.05, 0) is 77.2 Å². The van der Waals surface area contributed by atoms with Crippen molar-refractivity contribution in [3.63, 3.8) is 0 Å². The number of hydrogen-bond acceptors (Lipinski definition) is 7. The molecular formula is C29H29ClO7S. The van der Waals surface area contributed by atoms with Crippen LogP contribution in [0.25, 0.3) is 0 Å². The molecule has 0 spiro atoms. The van der Waals surface area contributed by atoms with Gasteiger partial charge in [0.1, 0.15) is 31.7 Å². The Labute approximate surface area is 227 Å². The zero-order valence-corrected chi connectivity index (χ0v) is 22.9. The second kappa shape index (κ2) is 12.6. The predicted octanol–water partition coefficient (Wildman–Crippen LogP) is 2.83. The van der Waals surface area contributed by atoms with Crippen LogP contribution in [0.2, 0.25) is 0 Å². The average molecular weight is 557 g/mol. The van der Waals surface area contributed by atoms with Crippen LogP contribution in [0.5, 0.6) is 17.2 Å². The van der Waals surface area contributed by atoms with E-state index in [4.69, 9.17) is 17.9 Å². The Balaban J connectivity index is 1.75. The SMILES string of the molecule is COc1ccc(CC2=CC(Cc3ccc(OC)cc3)=S(O[Cl+3]([O-])([O-])[O-])C(Cc3ccc(OC)cc3)=C2)cc1. The summed E-state index contributed by atoms with van der Waals surface area (Å²) in [4.78, 5) is 1.41. The standard InChI is InChI=1S/C29H29ClO7S/c1-34-25-10-4-21(5-11-25)16-24-19-28(17-22-6-12-26(35-2)13-7-22)38(37-30(31,32)33)29(20-24)18-23-8-14-27(36-3)15-9-23/h4-15,19-20H,16-18H2,1-3H3. The molecule has 0 aromatic heterocycles. The molecule has 200 valence electrons. The van der Waals surface area contributed by atoms with E-state index in [-0.39, 0.29) is 0 Å². The fourth-order valence-corrected chi connectivity index (χ4v) is 6.81. The van der Waals surface area contributed by atoms with Gasteiger partial charge in [-0.15, -0.1) is 0 Å². The molecule has 1 aliphatic rings. The molecule has 0 radical (unpaired) electrons. The van der Waals surface area contributed by atoms with E-state index in [0.29, 0.717) is 40.5 Å². The van der Waals surface area contributed by atoms with Gasteiger partial charge >= 0.3 is 0 Å². The Morgan fingerprint density at radius 2 is 1.00 bits per heavy atom. The molecule has 7 nitrogen and oxygen atoms in total. The summed E-state index contributed by atoms with van der Waals surface area (Å²) < 4.78 is 56.3. The van der Waals surface area contributed by atoms with Crippen LogP contribution in [0.1, 0.15) is 16.7 Å². The van der Waals surface area contributed by atoms with Crippen molar-refractivity contribution in [2.24, 2.45) is 0 Å². The van der Waals surface area contributed by atoms with Crippen LogP contribution in [0.15, 0.2) is 95.4 Å². The zero-order valence-electron chi connectivity index (χ0n) is 21.3. The van der Waals surface area contributed by atoms with Crippen LogP contribution < -0.4 is 28.2 Å². The molecule has 0 N–H and O–H groups in total. The van der Waals surface area contributed by atoms with E-state index in [1.165, 1.54) is 0 Å². The van der Waals surface area contributed by atoms with Gasteiger partial charge < -0.3 is 14.2 Å². The Morgan fingerprint density at radius 1 is 0.579 bits per heavy atom. The minimum atomic E-state index is -4.65. The highest BCUT2D eigenvalue weighted by atomic mass is 35.7. The van der Waals surface area contributed by atoms with Crippen molar-refractivity contribution in [2.75, 3.05) is 21.3 Å². The third-order valence-electron chi connectivity index (χ3n) is 5.95. The van der Waals surface area contributed by atoms with E-state index in [9.17, 15) is 14.0 Å². The van der Waals surface area contributed by atoms with Crippen LogP contribution in [-0.2, 0) is 23.0 Å². The summed E-state index contributed by atoms with van der Waals surface area (Å²) in [5.41, 5.74) is 3.92. The van der Waals surface area contributed by atoms with Gasteiger partial charge in [0, 0.05) is 22.6 Å². The molecule has 0 saturated carbocycles. The number of hydrogen-bond donors (Lipinski definition) is 0.